The number of halogens is 1. The molecule has 2 saturated heterocycles. The lowest BCUT2D eigenvalue weighted by Gasteiger charge is -2.27. The lowest BCUT2D eigenvalue weighted by atomic mass is 10.0. The number of nitrogens with two attached hydrogens (primary N) is 1. The van der Waals surface area contributed by atoms with Gasteiger partial charge in [0.15, 0.2) is 0 Å². The molecule has 0 aromatic heterocycles. The van der Waals surface area contributed by atoms with Crippen LogP contribution < -0.4 is 5.73 Å². The molecule has 3 unspecified atom stereocenters. The summed E-state index contributed by atoms with van der Waals surface area (Å²) in [5.74, 6) is 0.105. The van der Waals surface area contributed by atoms with E-state index in [2.05, 4.69) is 0 Å². The Morgan fingerprint density at radius 1 is 1.38 bits per heavy atom. The molecule has 2 N–H and O–H groups in total. The van der Waals surface area contributed by atoms with Gasteiger partial charge in [0.1, 0.15) is 6.10 Å². The van der Waals surface area contributed by atoms with Crippen molar-refractivity contribution >= 4 is 17.5 Å². The lowest BCUT2D eigenvalue weighted by molar-refractivity contribution is -0.143. The van der Waals surface area contributed by atoms with Crippen molar-refractivity contribution in [2.45, 2.75) is 43.9 Å². The molecule has 21 heavy (non-hydrogen) atoms. The fourth-order valence-electron chi connectivity index (χ4n) is 3.34. The molecule has 2 fully saturated rings. The molecule has 0 saturated carbocycles. The van der Waals surface area contributed by atoms with Crippen molar-refractivity contribution < 1.29 is 9.53 Å². The van der Waals surface area contributed by atoms with Crippen molar-refractivity contribution in [2.75, 3.05) is 13.1 Å². The first-order valence-electron chi connectivity index (χ1n) is 7.60. The largest absolute Gasteiger partial charge is 0.364 e. The van der Waals surface area contributed by atoms with E-state index in [1.54, 1.807) is 0 Å². The molecule has 1 aromatic rings. The van der Waals surface area contributed by atoms with Gasteiger partial charge in [-0.15, -0.1) is 0 Å². The van der Waals surface area contributed by atoms with E-state index in [4.69, 9.17) is 22.1 Å². The predicted molar refractivity (Wildman–Crippen MR) is 82.1 cm³/mol. The average Bonchev–Trinajstić information content (AvgIpc) is 3.15. The third-order valence-electron chi connectivity index (χ3n) is 4.42. The van der Waals surface area contributed by atoms with Gasteiger partial charge in [-0.1, -0.05) is 23.7 Å². The summed E-state index contributed by atoms with van der Waals surface area (Å²) < 4.78 is 5.75. The van der Waals surface area contributed by atoms with E-state index in [9.17, 15) is 4.79 Å². The van der Waals surface area contributed by atoms with E-state index < -0.39 is 0 Å². The molecule has 4 nitrogen and oxygen atoms in total. The highest BCUT2D eigenvalue weighted by atomic mass is 35.5. The minimum atomic E-state index is -0.321. The van der Waals surface area contributed by atoms with E-state index in [-0.39, 0.29) is 24.2 Å². The van der Waals surface area contributed by atoms with Crippen LogP contribution in [0.3, 0.4) is 0 Å². The molecule has 3 rings (SSSR count). The zero-order valence-corrected chi connectivity index (χ0v) is 12.8. The molecule has 0 spiro atoms. The van der Waals surface area contributed by atoms with Crippen molar-refractivity contribution in [1.29, 1.82) is 0 Å². The van der Waals surface area contributed by atoms with Crippen LogP contribution in [0.4, 0.5) is 0 Å². The quantitative estimate of drug-likeness (QED) is 0.933. The number of hydrogen-bond donors (Lipinski definition) is 1. The Morgan fingerprint density at radius 3 is 2.95 bits per heavy atom. The third-order valence-corrected chi connectivity index (χ3v) is 4.65. The zero-order valence-electron chi connectivity index (χ0n) is 12.0. The van der Waals surface area contributed by atoms with E-state index in [1.165, 1.54) is 0 Å². The van der Waals surface area contributed by atoms with Crippen molar-refractivity contribution in [3.05, 3.63) is 34.9 Å². The second-order valence-corrected chi connectivity index (χ2v) is 6.24. The molecule has 0 aliphatic carbocycles. The highest BCUT2D eigenvalue weighted by molar-refractivity contribution is 6.30. The van der Waals surface area contributed by atoms with Gasteiger partial charge >= 0.3 is 0 Å². The van der Waals surface area contributed by atoms with Crippen LogP contribution in [0.2, 0.25) is 5.02 Å². The van der Waals surface area contributed by atoms with Crippen LogP contribution in [0.25, 0.3) is 0 Å². The predicted octanol–water partition coefficient (Wildman–Crippen LogP) is 2.51. The molecule has 1 amide bonds. The van der Waals surface area contributed by atoms with Crippen LogP contribution in [0.5, 0.6) is 0 Å². The number of rotatable bonds is 3. The smallest absolute Gasteiger partial charge is 0.252 e. The molecule has 114 valence electrons. The molecule has 0 radical (unpaired) electrons. The molecular formula is C16H21ClN2O2. The normalized spacial score (nSPS) is 29.0. The monoisotopic (exact) mass is 308 g/mol. The first kappa shape index (κ1) is 14.8. The van der Waals surface area contributed by atoms with Crippen LogP contribution in [0, 0.1) is 0 Å². The summed E-state index contributed by atoms with van der Waals surface area (Å²) >= 11 is 6.07. The fourth-order valence-corrected chi connectivity index (χ4v) is 3.54. The van der Waals surface area contributed by atoms with E-state index in [1.807, 2.05) is 29.2 Å². The Kier molecular flexibility index (Phi) is 4.48. The highest BCUT2D eigenvalue weighted by Gasteiger charge is 2.37. The van der Waals surface area contributed by atoms with Crippen molar-refractivity contribution in [1.82, 2.24) is 4.90 Å². The molecule has 2 heterocycles. The van der Waals surface area contributed by atoms with E-state index >= 15 is 0 Å². The number of amides is 1. The van der Waals surface area contributed by atoms with Gasteiger partial charge in [-0.25, -0.2) is 0 Å². The Morgan fingerprint density at radius 2 is 2.24 bits per heavy atom. The van der Waals surface area contributed by atoms with Gasteiger partial charge in [0, 0.05) is 18.1 Å². The van der Waals surface area contributed by atoms with Crippen molar-refractivity contribution in [3.8, 4) is 0 Å². The van der Waals surface area contributed by atoms with Gasteiger partial charge in [0.05, 0.1) is 12.1 Å². The second-order valence-electron chi connectivity index (χ2n) is 5.80. The fraction of sp³-hybridized carbons (Fsp3) is 0.562. The standard InChI is InChI=1S/C16H21ClN2O2/c17-12-4-1-3-11(9-12)14-5-2-8-19(14)16(20)15-7-6-13(10-18)21-15/h1,3-4,9,13-15H,2,5-8,10,18H2. The van der Waals surface area contributed by atoms with Crippen LogP contribution in [-0.2, 0) is 9.53 Å². The van der Waals surface area contributed by atoms with Gasteiger partial charge in [-0.05, 0) is 43.4 Å². The molecule has 2 aliphatic heterocycles. The van der Waals surface area contributed by atoms with Crippen molar-refractivity contribution in [3.63, 3.8) is 0 Å². The molecule has 2 aliphatic rings. The topological polar surface area (TPSA) is 55.6 Å². The van der Waals surface area contributed by atoms with Crippen LogP contribution in [0.15, 0.2) is 24.3 Å². The Balaban J connectivity index is 1.73. The average molecular weight is 309 g/mol. The summed E-state index contributed by atoms with van der Waals surface area (Å²) in [4.78, 5) is 14.7. The first-order valence-corrected chi connectivity index (χ1v) is 7.98. The second kappa shape index (κ2) is 6.34. The summed E-state index contributed by atoms with van der Waals surface area (Å²) in [5, 5.41) is 0.715. The number of nitrogens with zero attached hydrogens (tertiary/aromatic N) is 1. The highest BCUT2D eigenvalue weighted by Crippen LogP contribution is 2.35. The molecule has 3 atom stereocenters. The first-order chi connectivity index (χ1) is 10.2. The van der Waals surface area contributed by atoms with E-state index in [0.29, 0.717) is 11.6 Å². The van der Waals surface area contributed by atoms with Gasteiger partial charge in [-0.2, -0.15) is 0 Å². The van der Waals surface area contributed by atoms with Crippen LogP contribution >= 0.6 is 11.6 Å². The third kappa shape index (κ3) is 3.07. The summed E-state index contributed by atoms with van der Waals surface area (Å²) in [6.45, 7) is 1.28. The number of ether oxygens (including phenoxy) is 1. The number of benzene rings is 1. The molecule has 5 heteroatoms. The maximum atomic E-state index is 12.7. The zero-order chi connectivity index (χ0) is 14.8. The van der Waals surface area contributed by atoms with Crippen LogP contribution in [0.1, 0.15) is 37.3 Å². The number of likely N-dealkylation sites (tertiary alicyclic amines) is 1. The molecular weight excluding hydrogens is 288 g/mol. The van der Waals surface area contributed by atoms with Gasteiger partial charge in [-0.3, -0.25) is 4.79 Å². The number of hydrogen-bond acceptors (Lipinski definition) is 3. The summed E-state index contributed by atoms with van der Waals surface area (Å²) in [5.41, 5.74) is 6.73. The summed E-state index contributed by atoms with van der Waals surface area (Å²) in [6, 6.07) is 7.92. The van der Waals surface area contributed by atoms with Crippen LogP contribution in [-0.4, -0.2) is 36.1 Å². The molecule has 0 bridgehead atoms. The Bertz CT molecular complexity index is 523. The Labute approximate surface area is 130 Å². The number of carbonyl (C=O) groups excluding carboxylic acids is 1. The minimum Gasteiger partial charge on any atom is -0.364 e. The lowest BCUT2D eigenvalue weighted by Crippen LogP contribution is -2.39. The molecule has 1 aromatic carbocycles. The van der Waals surface area contributed by atoms with Gasteiger partial charge in [0.2, 0.25) is 0 Å². The number of carbonyl (C=O) groups is 1. The summed E-state index contributed by atoms with van der Waals surface area (Å²) in [6.07, 6.45) is 3.38. The van der Waals surface area contributed by atoms with E-state index in [0.717, 1.165) is 37.8 Å². The van der Waals surface area contributed by atoms with Gasteiger partial charge in [0.25, 0.3) is 5.91 Å². The maximum Gasteiger partial charge on any atom is 0.252 e. The minimum absolute atomic E-state index is 0.0335. The SMILES string of the molecule is NCC1CCC(C(=O)N2CCCC2c2cccc(Cl)c2)O1. The van der Waals surface area contributed by atoms with Crippen molar-refractivity contribution in [2.24, 2.45) is 5.73 Å². The maximum absolute atomic E-state index is 12.7. The van der Waals surface area contributed by atoms with Gasteiger partial charge < -0.3 is 15.4 Å². The Hall–Kier alpha value is -1.10. The summed E-state index contributed by atoms with van der Waals surface area (Å²) in [7, 11) is 0.